The van der Waals surface area contributed by atoms with Gasteiger partial charge < -0.3 is 10.5 Å². The van der Waals surface area contributed by atoms with Gasteiger partial charge in [-0.2, -0.15) is 0 Å². The molecule has 0 heterocycles. The summed E-state index contributed by atoms with van der Waals surface area (Å²) in [5.41, 5.74) is 5.60. The molecule has 1 fully saturated rings. The quantitative estimate of drug-likeness (QED) is 0.731. The van der Waals surface area contributed by atoms with Crippen molar-refractivity contribution in [1.82, 2.24) is 0 Å². The van der Waals surface area contributed by atoms with Crippen LogP contribution in [0.4, 0.5) is 0 Å². The molecule has 0 radical (unpaired) electrons. The number of nitrogens with two attached hydrogens (primary N) is 1. The highest BCUT2D eigenvalue weighted by molar-refractivity contribution is 5.70. The van der Waals surface area contributed by atoms with Crippen molar-refractivity contribution in [2.75, 3.05) is 0 Å². The Morgan fingerprint density at radius 1 is 1.40 bits per heavy atom. The summed E-state index contributed by atoms with van der Waals surface area (Å²) in [6.45, 7) is 5.64. The fraction of sp³-hybridized carbons (Fsp3) is 0.917. The van der Waals surface area contributed by atoms with Crippen LogP contribution in [0.5, 0.6) is 0 Å². The smallest absolute Gasteiger partial charge is 0.307 e. The molecule has 1 saturated carbocycles. The molecule has 0 aromatic carbocycles. The molecular formula is C12H23NO2. The molecule has 2 N–H and O–H groups in total. The van der Waals surface area contributed by atoms with Gasteiger partial charge in [0.25, 0.3) is 0 Å². The highest BCUT2D eigenvalue weighted by atomic mass is 16.6. The van der Waals surface area contributed by atoms with E-state index in [1.165, 1.54) is 25.7 Å². The van der Waals surface area contributed by atoms with Gasteiger partial charge in [-0.15, -0.1) is 0 Å². The summed E-state index contributed by atoms with van der Waals surface area (Å²) < 4.78 is 5.25. The van der Waals surface area contributed by atoms with Crippen molar-refractivity contribution in [1.29, 1.82) is 0 Å². The third-order valence-electron chi connectivity index (χ3n) is 2.83. The zero-order chi connectivity index (χ0) is 11.5. The number of esters is 1. The first-order valence-electron chi connectivity index (χ1n) is 5.86. The van der Waals surface area contributed by atoms with Gasteiger partial charge in [0, 0.05) is 6.04 Å². The van der Waals surface area contributed by atoms with Gasteiger partial charge in [0.15, 0.2) is 0 Å². The molecule has 1 aliphatic rings. The minimum atomic E-state index is -0.396. The fourth-order valence-electron chi connectivity index (χ4n) is 2.13. The molecule has 1 atom stereocenters. The highest BCUT2D eigenvalue weighted by Crippen LogP contribution is 2.28. The lowest BCUT2D eigenvalue weighted by molar-refractivity contribution is -0.155. The van der Waals surface area contributed by atoms with Crippen molar-refractivity contribution < 1.29 is 9.53 Å². The number of rotatable bonds is 3. The van der Waals surface area contributed by atoms with Gasteiger partial charge in [-0.1, -0.05) is 12.8 Å². The van der Waals surface area contributed by atoms with Crippen molar-refractivity contribution in [2.24, 2.45) is 11.7 Å². The second-order valence-electron chi connectivity index (χ2n) is 5.50. The van der Waals surface area contributed by atoms with Gasteiger partial charge in [0.2, 0.25) is 0 Å². The van der Waals surface area contributed by atoms with Crippen LogP contribution in [0.15, 0.2) is 0 Å². The lowest BCUT2D eigenvalue weighted by atomic mass is 9.96. The van der Waals surface area contributed by atoms with E-state index < -0.39 is 5.60 Å². The summed E-state index contributed by atoms with van der Waals surface area (Å²) in [6, 6.07) is -0.0117. The van der Waals surface area contributed by atoms with E-state index in [4.69, 9.17) is 10.5 Å². The molecule has 1 unspecified atom stereocenters. The molecule has 1 aliphatic carbocycles. The summed E-state index contributed by atoms with van der Waals surface area (Å²) in [5, 5.41) is 0. The zero-order valence-corrected chi connectivity index (χ0v) is 10.1. The van der Waals surface area contributed by atoms with Crippen molar-refractivity contribution in [3.8, 4) is 0 Å². The van der Waals surface area contributed by atoms with Crippen molar-refractivity contribution >= 4 is 5.97 Å². The molecule has 88 valence electrons. The second-order valence-corrected chi connectivity index (χ2v) is 5.50. The maximum absolute atomic E-state index is 11.5. The average Bonchev–Trinajstić information content (AvgIpc) is 2.50. The predicted octanol–water partition coefficient (Wildman–Crippen LogP) is 2.24. The zero-order valence-electron chi connectivity index (χ0n) is 10.1. The van der Waals surface area contributed by atoms with Gasteiger partial charge in [0.05, 0.1) is 6.42 Å². The van der Waals surface area contributed by atoms with E-state index >= 15 is 0 Å². The summed E-state index contributed by atoms with van der Waals surface area (Å²) >= 11 is 0. The van der Waals surface area contributed by atoms with Crippen LogP contribution in [0.1, 0.15) is 52.9 Å². The number of hydrogen-bond acceptors (Lipinski definition) is 3. The highest BCUT2D eigenvalue weighted by Gasteiger charge is 2.26. The Morgan fingerprint density at radius 3 is 2.40 bits per heavy atom. The van der Waals surface area contributed by atoms with Gasteiger partial charge in [-0.3, -0.25) is 4.79 Å². The van der Waals surface area contributed by atoms with Crippen LogP contribution in [0, 0.1) is 5.92 Å². The van der Waals surface area contributed by atoms with Crippen LogP contribution in [-0.4, -0.2) is 17.6 Å². The van der Waals surface area contributed by atoms with E-state index in [2.05, 4.69) is 0 Å². The minimum Gasteiger partial charge on any atom is -0.460 e. The summed E-state index contributed by atoms with van der Waals surface area (Å²) in [4.78, 5) is 11.5. The molecule has 0 aromatic heterocycles. The van der Waals surface area contributed by atoms with Gasteiger partial charge in [-0.05, 0) is 39.5 Å². The molecule has 0 bridgehead atoms. The van der Waals surface area contributed by atoms with E-state index in [0.29, 0.717) is 12.3 Å². The third-order valence-corrected chi connectivity index (χ3v) is 2.83. The standard InChI is InChI=1S/C12H23NO2/c1-12(2,3)15-11(14)8-10(13)9-6-4-5-7-9/h9-10H,4-8,13H2,1-3H3. The largest absolute Gasteiger partial charge is 0.460 e. The fourth-order valence-corrected chi connectivity index (χ4v) is 2.13. The van der Waals surface area contributed by atoms with Crippen LogP contribution < -0.4 is 5.73 Å². The Bertz CT molecular complexity index is 214. The first kappa shape index (κ1) is 12.5. The normalized spacial score (nSPS) is 20.3. The first-order valence-corrected chi connectivity index (χ1v) is 5.86. The van der Waals surface area contributed by atoms with E-state index in [1.807, 2.05) is 20.8 Å². The molecule has 0 aliphatic heterocycles. The topological polar surface area (TPSA) is 52.3 Å². The number of carbonyl (C=O) groups excluding carboxylic acids is 1. The Labute approximate surface area is 92.4 Å². The SMILES string of the molecule is CC(C)(C)OC(=O)CC(N)C1CCCC1. The molecule has 1 rings (SSSR count). The molecule has 3 nitrogen and oxygen atoms in total. The summed E-state index contributed by atoms with van der Waals surface area (Å²) in [7, 11) is 0. The van der Waals surface area contributed by atoms with E-state index in [0.717, 1.165) is 0 Å². The Morgan fingerprint density at radius 2 is 1.93 bits per heavy atom. The van der Waals surface area contributed by atoms with Gasteiger partial charge >= 0.3 is 5.97 Å². The van der Waals surface area contributed by atoms with Crippen molar-refractivity contribution in [3.05, 3.63) is 0 Å². The summed E-state index contributed by atoms with van der Waals surface area (Å²) in [6.07, 6.45) is 5.22. The molecule has 3 heteroatoms. The Balaban J connectivity index is 2.30. The maximum atomic E-state index is 11.5. The Kier molecular flexibility index (Phi) is 4.14. The van der Waals surface area contributed by atoms with Crippen LogP contribution in [0.25, 0.3) is 0 Å². The van der Waals surface area contributed by atoms with Crippen molar-refractivity contribution in [2.45, 2.75) is 64.5 Å². The second kappa shape index (κ2) is 4.97. The molecular weight excluding hydrogens is 190 g/mol. The maximum Gasteiger partial charge on any atom is 0.307 e. The molecule has 0 saturated heterocycles. The Hall–Kier alpha value is -0.570. The average molecular weight is 213 g/mol. The van der Waals surface area contributed by atoms with E-state index in [-0.39, 0.29) is 12.0 Å². The molecule has 0 aromatic rings. The number of carbonyl (C=O) groups is 1. The lowest BCUT2D eigenvalue weighted by Gasteiger charge is -2.23. The van der Waals surface area contributed by atoms with Gasteiger partial charge in [0.1, 0.15) is 5.60 Å². The third kappa shape index (κ3) is 4.65. The van der Waals surface area contributed by atoms with Crippen LogP contribution in [-0.2, 0) is 9.53 Å². The van der Waals surface area contributed by atoms with Crippen molar-refractivity contribution in [3.63, 3.8) is 0 Å². The molecule has 0 spiro atoms. The lowest BCUT2D eigenvalue weighted by Crippen LogP contribution is -2.34. The molecule has 15 heavy (non-hydrogen) atoms. The van der Waals surface area contributed by atoms with Crippen LogP contribution in [0.2, 0.25) is 0 Å². The first-order chi connectivity index (χ1) is 6.88. The molecule has 0 amide bonds. The van der Waals surface area contributed by atoms with Crippen LogP contribution in [0.3, 0.4) is 0 Å². The van der Waals surface area contributed by atoms with Gasteiger partial charge in [-0.25, -0.2) is 0 Å². The number of hydrogen-bond donors (Lipinski definition) is 1. The minimum absolute atomic E-state index is 0.0117. The number of ether oxygens (including phenoxy) is 1. The predicted molar refractivity (Wildman–Crippen MR) is 60.4 cm³/mol. The van der Waals surface area contributed by atoms with E-state index in [9.17, 15) is 4.79 Å². The van der Waals surface area contributed by atoms with E-state index in [1.54, 1.807) is 0 Å². The van der Waals surface area contributed by atoms with Crippen LogP contribution >= 0.6 is 0 Å². The summed E-state index contributed by atoms with van der Waals surface area (Å²) in [5.74, 6) is 0.361. The monoisotopic (exact) mass is 213 g/mol.